The molecule has 1 aromatic rings. The van der Waals surface area contributed by atoms with Crippen LogP contribution in [0.25, 0.3) is 0 Å². The van der Waals surface area contributed by atoms with Crippen molar-refractivity contribution in [1.82, 2.24) is 9.62 Å². The van der Waals surface area contributed by atoms with E-state index >= 15 is 0 Å². The van der Waals surface area contributed by atoms with E-state index in [-0.39, 0.29) is 17.6 Å². The second kappa shape index (κ2) is 9.78. The zero-order chi connectivity index (χ0) is 19.0. The fourth-order valence-corrected chi connectivity index (χ4v) is 4.48. The topological polar surface area (TPSA) is 84.9 Å². The van der Waals surface area contributed by atoms with Crippen molar-refractivity contribution in [1.29, 1.82) is 0 Å². The molecule has 2 rings (SSSR count). The second-order valence-corrected chi connectivity index (χ2v) is 8.39. The van der Waals surface area contributed by atoms with Gasteiger partial charge in [0.2, 0.25) is 15.9 Å². The molecule has 7 nitrogen and oxygen atoms in total. The van der Waals surface area contributed by atoms with Gasteiger partial charge in [-0.15, -0.1) is 0 Å². The van der Waals surface area contributed by atoms with E-state index < -0.39 is 10.0 Å². The second-order valence-electron chi connectivity index (χ2n) is 6.30. The molecular formula is C18H28N2O5S. The van der Waals surface area contributed by atoms with Crippen LogP contribution < -0.4 is 14.8 Å². The van der Waals surface area contributed by atoms with Gasteiger partial charge in [0, 0.05) is 19.0 Å². The van der Waals surface area contributed by atoms with Gasteiger partial charge < -0.3 is 14.8 Å². The van der Waals surface area contributed by atoms with Crippen LogP contribution in [0.1, 0.15) is 26.2 Å². The standard InChI is InChI=1S/C18H28N2O5S/c1-3-14-26(22,23)20-11-8-15(9-12-20)18(21)19-10-13-25-17-6-4-16(24-2)5-7-17/h4-7,15H,3,8-14H2,1-2H3,(H,19,21). The molecule has 0 bridgehead atoms. The number of rotatable bonds is 9. The van der Waals surface area contributed by atoms with E-state index in [1.165, 1.54) is 4.31 Å². The Morgan fingerprint density at radius 2 is 1.81 bits per heavy atom. The number of benzene rings is 1. The van der Waals surface area contributed by atoms with Crippen LogP contribution >= 0.6 is 0 Å². The van der Waals surface area contributed by atoms with Crippen LogP contribution in [0.2, 0.25) is 0 Å². The molecule has 0 unspecified atom stereocenters. The Morgan fingerprint density at radius 3 is 2.38 bits per heavy atom. The van der Waals surface area contributed by atoms with Gasteiger partial charge in [-0.3, -0.25) is 4.79 Å². The monoisotopic (exact) mass is 384 g/mol. The summed E-state index contributed by atoms with van der Waals surface area (Å²) in [4.78, 5) is 12.2. The Morgan fingerprint density at radius 1 is 1.19 bits per heavy atom. The third kappa shape index (κ3) is 5.88. The summed E-state index contributed by atoms with van der Waals surface area (Å²) in [7, 11) is -1.56. The molecule has 8 heteroatoms. The lowest BCUT2D eigenvalue weighted by molar-refractivity contribution is -0.126. The summed E-state index contributed by atoms with van der Waals surface area (Å²) in [6, 6.07) is 7.25. The normalized spacial score (nSPS) is 16.2. The summed E-state index contributed by atoms with van der Waals surface area (Å²) >= 11 is 0. The Balaban J connectivity index is 1.67. The highest BCUT2D eigenvalue weighted by Crippen LogP contribution is 2.20. The number of hydrogen-bond acceptors (Lipinski definition) is 5. The minimum absolute atomic E-state index is 0.0316. The maximum absolute atomic E-state index is 12.2. The summed E-state index contributed by atoms with van der Waals surface area (Å²) < 4.78 is 36.3. The number of methoxy groups -OCH3 is 1. The molecule has 0 saturated carbocycles. The minimum atomic E-state index is -3.17. The Labute approximate surface area is 155 Å². The number of ether oxygens (including phenoxy) is 2. The van der Waals surface area contributed by atoms with Crippen LogP contribution in [0.5, 0.6) is 11.5 Å². The van der Waals surface area contributed by atoms with E-state index in [2.05, 4.69) is 5.32 Å². The van der Waals surface area contributed by atoms with Crippen molar-refractivity contribution < 1.29 is 22.7 Å². The number of hydrogen-bond donors (Lipinski definition) is 1. The number of carbonyl (C=O) groups excluding carboxylic acids is 1. The summed E-state index contributed by atoms with van der Waals surface area (Å²) in [5.41, 5.74) is 0. The van der Waals surface area contributed by atoms with Crippen molar-refractivity contribution in [2.75, 3.05) is 39.1 Å². The smallest absolute Gasteiger partial charge is 0.223 e. The Hall–Kier alpha value is -1.80. The SMILES string of the molecule is CCCS(=O)(=O)N1CCC(C(=O)NCCOc2ccc(OC)cc2)CC1. The molecule has 1 heterocycles. The fraction of sp³-hybridized carbons (Fsp3) is 0.611. The van der Waals surface area contributed by atoms with E-state index in [9.17, 15) is 13.2 Å². The highest BCUT2D eigenvalue weighted by Gasteiger charge is 2.30. The van der Waals surface area contributed by atoms with Crippen LogP contribution in [0.3, 0.4) is 0 Å². The predicted octanol–water partition coefficient (Wildman–Crippen LogP) is 1.64. The lowest BCUT2D eigenvalue weighted by atomic mass is 9.97. The van der Waals surface area contributed by atoms with Gasteiger partial charge in [0.25, 0.3) is 0 Å². The molecule has 0 aromatic heterocycles. The average Bonchev–Trinajstić information content (AvgIpc) is 2.65. The molecule has 146 valence electrons. The summed E-state index contributed by atoms with van der Waals surface area (Å²) in [6.07, 6.45) is 1.74. The van der Waals surface area contributed by atoms with Gasteiger partial charge in [-0.05, 0) is 43.5 Å². The van der Waals surface area contributed by atoms with Gasteiger partial charge in [-0.1, -0.05) is 6.92 Å². The Bertz CT molecular complexity index is 667. The number of piperidine rings is 1. The zero-order valence-electron chi connectivity index (χ0n) is 15.4. The molecular weight excluding hydrogens is 356 g/mol. The fourth-order valence-electron chi connectivity index (χ4n) is 2.94. The molecule has 1 amide bonds. The maximum atomic E-state index is 12.2. The van der Waals surface area contributed by atoms with Gasteiger partial charge in [0.05, 0.1) is 19.4 Å². The first-order valence-corrected chi connectivity index (χ1v) is 10.6. The van der Waals surface area contributed by atoms with Crippen molar-refractivity contribution in [2.45, 2.75) is 26.2 Å². The van der Waals surface area contributed by atoms with Crippen LogP contribution in [0.4, 0.5) is 0 Å². The van der Waals surface area contributed by atoms with Gasteiger partial charge in [0.1, 0.15) is 18.1 Å². The summed E-state index contributed by atoms with van der Waals surface area (Å²) in [6.45, 7) is 3.48. The van der Waals surface area contributed by atoms with Crippen LogP contribution in [-0.4, -0.2) is 57.7 Å². The highest BCUT2D eigenvalue weighted by molar-refractivity contribution is 7.89. The summed E-state index contributed by atoms with van der Waals surface area (Å²) in [5.74, 6) is 1.49. The first kappa shape index (κ1) is 20.5. The first-order valence-electron chi connectivity index (χ1n) is 8.98. The molecule has 1 aliphatic heterocycles. The van der Waals surface area contributed by atoms with Crippen molar-refractivity contribution >= 4 is 15.9 Å². The number of nitrogens with one attached hydrogen (secondary N) is 1. The van der Waals surface area contributed by atoms with Crippen molar-refractivity contribution in [3.63, 3.8) is 0 Å². The molecule has 0 radical (unpaired) electrons. The first-order chi connectivity index (χ1) is 12.5. The van der Waals surface area contributed by atoms with Gasteiger partial charge in [0.15, 0.2) is 0 Å². The quantitative estimate of drug-likeness (QED) is 0.654. The largest absolute Gasteiger partial charge is 0.497 e. The molecule has 1 fully saturated rings. The van der Waals surface area contributed by atoms with Gasteiger partial charge in [-0.2, -0.15) is 0 Å². The van der Waals surface area contributed by atoms with Gasteiger partial charge >= 0.3 is 0 Å². The van der Waals surface area contributed by atoms with Crippen molar-refractivity contribution in [2.24, 2.45) is 5.92 Å². The molecule has 0 spiro atoms. The molecule has 1 N–H and O–H groups in total. The number of carbonyl (C=O) groups is 1. The number of amides is 1. The van der Waals surface area contributed by atoms with E-state index in [4.69, 9.17) is 9.47 Å². The minimum Gasteiger partial charge on any atom is -0.497 e. The Kier molecular flexibility index (Phi) is 7.71. The van der Waals surface area contributed by atoms with E-state index in [1.54, 1.807) is 7.11 Å². The van der Waals surface area contributed by atoms with E-state index in [1.807, 2.05) is 31.2 Å². The molecule has 26 heavy (non-hydrogen) atoms. The van der Waals surface area contributed by atoms with Crippen molar-refractivity contribution in [3.05, 3.63) is 24.3 Å². The van der Waals surface area contributed by atoms with Gasteiger partial charge in [-0.25, -0.2) is 12.7 Å². The van der Waals surface area contributed by atoms with Crippen molar-refractivity contribution in [3.8, 4) is 11.5 Å². The molecule has 0 aliphatic carbocycles. The third-order valence-corrected chi connectivity index (χ3v) is 6.49. The van der Waals surface area contributed by atoms with Crippen LogP contribution in [0, 0.1) is 5.92 Å². The molecule has 1 aliphatic rings. The number of nitrogens with zero attached hydrogens (tertiary/aromatic N) is 1. The average molecular weight is 384 g/mol. The van der Waals surface area contributed by atoms with Crippen LogP contribution in [-0.2, 0) is 14.8 Å². The maximum Gasteiger partial charge on any atom is 0.223 e. The number of sulfonamides is 1. The highest BCUT2D eigenvalue weighted by atomic mass is 32.2. The lowest BCUT2D eigenvalue weighted by Crippen LogP contribution is -2.44. The van der Waals surface area contributed by atoms with E-state index in [0.717, 1.165) is 11.5 Å². The van der Waals surface area contributed by atoms with Crippen LogP contribution in [0.15, 0.2) is 24.3 Å². The predicted molar refractivity (Wildman–Crippen MR) is 99.9 cm³/mol. The molecule has 1 aromatic carbocycles. The zero-order valence-corrected chi connectivity index (χ0v) is 16.3. The molecule has 0 atom stereocenters. The third-order valence-electron chi connectivity index (χ3n) is 4.41. The molecule has 1 saturated heterocycles. The lowest BCUT2D eigenvalue weighted by Gasteiger charge is -2.30. The van der Waals surface area contributed by atoms with E-state index in [0.29, 0.717) is 45.5 Å². The summed E-state index contributed by atoms with van der Waals surface area (Å²) in [5, 5.41) is 2.87.